The van der Waals surface area contributed by atoms with Gasteiger partial charge in [-0.05, 0) is 77.8 Å². The van der Waals surface area contributed by atoms with E-state index in [1.807, 2.05) is 19.9 Å². The van der Waals surface area contributed by atoms with E-state index in [9.17, 15) is 10.1 Å². The molecule has 0 aliphatic rings. The summed E-state index contributed by atoms with van der Waals surface area (Å²) < 4.78 is 17.1. The van der Waals surface area contributed by atoms with E-state index in [1.54, 1.807) is 36.4 Å². The van der Waals surface area contributed by atoms with Gasteiger partial charge in [0, 0.05) is 5.69 Å². The lowest BCUT2D eigenvalue weighted by Crippen LogP contribution is -2.13. The van der Waals surface area contributed by atoms with Gasteiger partial charge in [0.1, 0.15) is 24.0 Å². The average Bonchev–Trinajstić information content (AvgIpc) is 2.73. The summed E-state index contributed by atoms with van der Waals surface area (Å²) in [5.74, 6) is 3.50. The summed E-state index contributed by atoms with van der Waals surface area (Å²) in [6.45, 7) is 4.78. The van der Waals surface area contributed by atoms with Crippen molar-refractivity contribution in [1.29, 1.82) is 5.26 Å². The molecule has 154 valence electrons. The third-order valence-corrected chi connectivity index (χ3v) is 4.32. The second-order valence-corrected chi connectivity index (χ2v) is 6.69. The number of rotatable bonds is 9. The molecule has 1 N–H and O–H groups in total. The number of amides is 1. The van der Waals surface area contributed by atoms with Gasteiger partial charge in [-0.25, -0.2) is 0 Å². The molecule has 0 atom stereocenters. The minimum atomic E-state index is -0.525. The van der Waals surface area contributed by atoms with E-state index in [-0.39, 0.29) is 12.2 Å². The van der Waals surface area contributed by atoms with E-state index in [2.05, 4.69) is 27.2 Å². The largest absolute Gasteiger partial charge is 0.494 e. The highest BCUT2D eigenvalue weighted by Crippen LogP contribution is 2.37. The summed E-state index contributed by atoms with van der Waals surface area (Å²) in [5.41, 5.74) is 1.09. The molecule has 0 unspecified atom stereocenters. The molecule has 2 aromatic rings. The topological polar surface area (TPSA) is 80.6 Å². The van der Waals surface area contributed by atoms with Crippen LogP contribution in [0.2, 0.25) is 0 Å². The van der Waals surface area contributed by atoms with Crippen LogP contribution in [0.15, 0.2) is 46.4 Å². The number of carbonyl (C=O) groups excluding carboxylic acids is 1. The van der Waals surface area contributed by atoms with E-state index < -0.39 is 5.91 Å². The summed E-state index contributed by atoms with van der Waals surface area (Å²) in [6.07, 6.45) is 6.73. The monoisotopic (exact) mass is 468 g/mol. The van der Waals surface area contributed by atoms with Crippen LogP contribution >= 0.6 is 15.9 Å². The molecular formula is C23H21BrN2O4. The van der Waals surface area contributed by atoms with Gasteiger partial charge in [-0.15, -0.1) is 6.42 Å². The predicted octanol–water partition coefficient (Wildman–Crippen LogP) is 4.80. The van der Waals surface area contributed by atoms with Crippen LogP contribution in [0.1, 0.15) is 19.4 Å². The number of carbonyl (C=O) groups is 1. The second-order valence-electron chi connectivity index (χ2n) is 5.84. The normalized spacial score (nSPS) is 10.5. The molecule has 0 aliphatic carbocycles. The molecule has 0 fully saturated rings. The lowest BCUT2D eigenvalue weighted by Gasteiger charge is -2.13. The molecule has 2 rings (SSSR count). The number of nitriles is 1. The molecule has 0 aliphatic heterocycles. The van der Waals surface area contributed by atoms with Crippen molar-refractivity contribution in [3.8, 4) is 35.7 Å². The molecular weight excluding hydrogens is 448 g/mol. The summed E-state index contributed by atoms with van der Waals surface area (Å²) in [5, 5.41) is 12.2. The van der Waals surface area contributed by atoms with Crippen LogP contribution in [-0.4, -0.2) is 25.7 Å². The van der Waals surface area contributed by atoms with E-state index >= 15 is 0 Å². The molecule has 0 bridgehead atoms. The Labute approximate surface area is 184 Å². The number of nitrogens with one attached hydrogen (secondary N) is 1. The van der Waals surface area contributed by atoms with Gasteiger partial charge in [0.25, 0.3) is 5.91 Å². The summed E-state index contributed by atoms with van der Waals surface area (Å²) in [7, 11) is 0. The first-order valence-electron chi connectivity index (χ1n) is 9.20. The SMILES string of the molecule is C#CCOc1c(Br)cc(/C=C(\C#N)C(=O)Nc2ccc(OCC)cc2)cc1OCC. The van der Waals surface area contributed by atoms with Crippen LogP contribution in [0.25, 0.3) is 6.08 Å². The first-order valence-corrected chi connectivity index (χ1v) is 10.00. The number of nitrogens with zero attached hydrogens (tertiary/aromatic N) is 1. The summed E-state index contributed by atoms with van der Waals surface area (Å²) in [6, 6.07) is 12.2. The van der Waals surface area contributed by atoms with Crippen molar-refractivity contribution in [2.75, 3.05) is 25.1 Å². The Hall–Kier alpha value is -3.42. The molecule has 30 heavy (non-hydrogen) atoms. The first kappa shape index (κ1) is 22.9. The lowest BCUT2D eigenvalue weighted by atomic mass is 10.1. The minimum Gasteiger partial charge on any atom is -0.494 e. The van der Waals surface area contributed by atoms with Crippen LogP contribution in [0, 0.1) is 23.7 Å². The van der Waals surface area contributed by atoms with Crippen LogP contribution in [0.5, 0.6) is 17.2 Å². The van der Waals surface area contributed by atoms with Crippen molar-refractivity contribution in [3.63, 3.8) is 0 Å². The first-order chi connectivity index (χ1) is 14.5. The van der Waals surface area contributed by atoms with Gasteiger partial charge < -0.3 is 19.5 Å². The maximum absolute atomic E-state index is 12.5. The Morgan fingerprint density at radius 2 is 1.87 bits per heavy atom. The lowest BCUT2D eigenvalue weighted by molar-refractivity contribution is -0.112. The van der Waals surface area contributed by atoms with Crippen molar-refractivity contribution < 1.29 is 19.0 Å². The minimum absolute atomic E-state index is 0.0597. The quantitative estimate of drug-likeness (QED) is 0.324. The fourth-order valence-corrected chi connectivity index (χ4v) is 3.08. The van der Waals surface area contributed by atoms with Crippen LogP contribution in [0.3, 0.4) is 0 Å². The highest BCUT2D eigenvalue weighted by Gasteiger charge is 2.14. The molecule has 0 aromatic heterocycles. The third kappa shape index (κ3) is 6.30. The fraction of sp³-hybridized carbons (Fsp3) is 0.217. The maximum Gasteiger partial charge on any atom is 0.266 e. The van der Waals surface area contributed by atoms with E-state index in [4.69, 9.17) is 20.6 Å². The van der Waals surface area contributed by atoms with Crippen molar-refractivity contribution in [2.24, 2.45) is 0 Å². The average molecular weight is 469 g/mol. The van der Waals surface area contributed by atoms with Crippen molar-refractivity contribution in [3.05, 3.63) is 52.0 Å². The number of anilines is 1. The molecule has 0 saturated heterocycles. The zero-order chi connectivity index (χ0) is 21.9. The van der Waals surface area contributed by atoms with Gasteiger partial charge >= 0.3 is 0 Å². The fourth-order valence-electron chi connectivity index (χ4n) is 2.50. The number of terminal acetylenes is 1. The molecule has 6 nitrogen and oxygen atoms in total. The van der Waals surface area contributed by atoms with Crippen LogP contribution in [0.4, 0.5) is 5.69 Å². The molecule has 2 aromatic carbocycles. The number of hydrogen-bond acceptors (Lipinski definition) is 5. The predicted molar refractivity (Wildman–Crippen MR) is 119 cm³/mol. The van der Waals surface area contributed by atoms with Crippen molar-refractivity contribution in [1.82, 2.24) is 0 Å². The molecule has 0 heterocycles. The smallest absolute Gasteiger partial charge is 0.266 e. The molecule has 0 radical (unpaired) electrons. The van der Waals surface area contributed by atoms with Gasteiger partial charge in [0.15, 0.2) is 11.5 Å². The van der Waals surface area contributed by atoms with Crippen LogP contribution in [-0.2, 0) is 4.79 Å². The van der Waals surface area contributed by atoms with E-state index in [1.165, 1.54) is 6.08 Å². The zero-order valence-electron chi connectivity index (χ0n) is 16.7. The van der Waals surface area contributed by atoms with Gasteiger partial charge in [-0.2, -0.15) is 5.26 Å². The highest BCUT2D eigenvalue weighted by molar-refractivity contribution is 9.10. The number of benzene rings is 2. The Bertz CT molecular complexity index is 1000. The maximum atomic E-state index is 12.5. The standard InChI is InChI=1S/C23H21BrN2O4/c1-4-11-30-22-20(24)13-16(14-21(22)29-6-3)12-17(15-25)23(27)26-18-7-9-19(10-8-18)28-5-2/h1,7-10,12-14H,5-6,11H2,2-3H3,(H,26,27)/b17-12+. The zero-order valence-corrected chi connectivity index (χ0v) is 18.3. The number of halogens is 1. The molecule has 0 saturated carbocycles. The number of ether oxygens (including phenoxy) is 3. The van der Waals surface area contributed by atoms with Gasteiger partial charge in [0.05, 0.1) is 17.7 Å². The highest BCUT2D eigenvalue weighted by atomic mass is 79.9. The molecule has 7 heteroatoms. The van der Waals surface area contributed by atoms with Crippen molar-refractivity contribution >= 4 is 33.6 Å². The van der Waals surface area contributed by atoms with Crippen molar-refractivity contribution in [2.45, 2.75) is 13.8 Å². The molecule has 1 amide bonds. The third-order valence-electron chi connectivity index (χ3n) is 3.73. The van der Waals surface area contributed by atoms with Gasteiger partial charge in [-0.1, -0.05) is 5.92 Å². The van der Waals surface area contributed by atoms with E-state index in [0.717, 1.165) is 0 Å². The van der Waals surface area contributed by atoms with Gasteiger partial charge in [0.2, 0.25) is 0 Å². The van der Waals surface area contributed by atoms with Crippen LogP contribution < -0.4 is 19.5 Å². The Morgan fingerprint density at radius 1 is 1.17 bits per heavy atom. The van der Waals surface area contributed by atoms with E-state index in [0.29, 0.717) is 46.2 Å². The summed E-state index contributed by atoms with van der Waals surface area (Å²) >= 11 is 3.42. The van der Waals surface area contributed by atoms with Gasteiger partial charge in [-0.3, -0.25) is 4.79 Å². The molecule has 0 spiro atoms. The number of hydrogen-bond donors (Lipinski definition) is 1. The Balaban J connectivity index is 2.26. The Morgan fingerprint density at radius 3 is 2.47 bits per heavy atom. The Kier molecular flexibility index (Phi) is 8.80. The second kappa shape index (κ2) is 11.5. The summed E-state index contributed by atoms with van der Waals surface area (Å²) in [4.78, 5) is 12.5.